The summed E-state index contributed by atoms with van der Waals surface area (Å²) in [5, 5.41) is 30.7. The van der Waals surface area contributed by atoms with Crippen molar-refractivity contribution in [2.75, 3.05) is 5.32 Å². The molecule has 10 heteroatoms. The lowest BCUT2D eigenvalue weighted by Gasteiger charge is -2.03. The number of carbonyl (C=O) groups excluding carboxylic acids is 1. The Morgan fingerprint density at radius 2 is 2.00 bits per heavy atom. The third-order valence-electron chi connectivity index (χ3n) is 5.02. The maximum absolute atomic E-state index is 12.8. The van der Waals surface area contributed by atoms with Crippen molar-refractivity contribution in [2.24, 2.45) is 0 Å². The molecule has 0 unspecified atom stereocenters. The lowest BCUT2D eigenvalue weighted by molar-refractivity contribution is 0.0696. The van der Waals surface area contributed by atoms with Crippen molar-refractivity contribution in [1.82, 2.24) is 30.2 Å². The van der Waals surface area contributed by atoms with Crippen molar-refractivity contribution >= 4 is 28.5 Å². The van der Waals surface area contributed by atoms with Gasteiger partial charge in [0.1, 0.15) is 0 Å². The van der Waals surface area contributed by atoms with Crippen LogP contribution in [-0.4, -0.2) is 47.2 Å². The first-order valence-corrected chi connectivity index (χ1v) is 9.70. The number of fused-ring (bicyclic) bond motifs is 1. The van der Waals surface area contributed by atoms with Gasteiger partial charge in [0.25, 0.3) is 5.91 Å². The van der Waals surface area contributed by atoms with Gasteiger partial charge in [0.05, 0.1) is 35.7 Å². The molecule has 0 aliphatic rings. The van der Waals surface area contributed by atoms with Crippen LogP contribution in [0.5, 0.6) is 0 Å². The molecular formula is C22H17N7O3. The average molecular weight is 427 g/mol. The number of hydrogen-bond acceptors (Lipinski definition) is 5. The Morgan fingerprint density at radius 3 is 2.81 bits per heavy atom. The van der Waals surface area contributed by atoms with Crippen LogP contribution in [0.1, 0.15) is 26.4 Å². The Labute approximate surface area is 180 Å². The molecule has 0 spiro atoms. The highest BCUT2D eigenvalue weighted by Crippen LogP contribution is 2.24. The number of aromatic amines is 2. The summed E-state index contributed by atoms with van der Waals surface area (Å²) in [5.74, 6) is -1.34. The van der Waals surface area contributed by atoms with Crippen LogP contribution in [0.2, 0.25) is 0 Å². The monoisotopic (exact) mass is 427 g/mol. The van der Waals surface area contributed by atoms with E-state index in [0.717, 1.165) is 22.2 Å². The molecule has 158 valence electrons. The van der Waals surface area contributed by atoms with Gasteiger partial charge in [-0.05, 0) is 35.4 Å². The SMILES string of the molecule is O=C(O)c1cccc(Cn2cc(NC(=O)c3n[nH]c4cc(-c5cn[nH]c5)ccc34)cn2)c1. The number of hydrogen-bond donors (Lipinski definition) is 4. The van der Waals surface area contributed by atoms with Gasteiger partial charge in [0, 0.05) is 23.3 Å². The first kappa shape index (κ1) is 19.2. The van der Waals surface area contributed by atoms with Crippen LogP contribution in [0, 0.1) is 0 Å². The Bertz CT molecular complexity index is 1430. The predicted molar refractivity (Wildman–Crippen MR) is 116 cm³/mol. The molecule has 1 amide bonds. The second-order valence-corrected chi connectivity index (χ2v) is 7.21. The minimum Gasteiger partial charge on any atom is -0.478 e. The number of amides is 1. The smallest absolute Gasteiger partial charge is 0.335 e. The van der Waals surface area contributed by atoms with Crippen molar-refractivity contribution in [1.29, 1.82) is 0 Å². The maximum Gasteiger partial charge on any atom is 0.335 e. The molecule has 32 heavy (non-hydrogen) atoms. The molecule has 4 N–H and O–H groups in total. The van der Waals surface area contributed by atoms with Gasteiger partial charge >= 0.3 is 5.97 Å². The molecular weight excluding hydrogens is 410 g/mol. The van der Waals surface area contributed by atoms with Gasteiger partial charge < -0.3 is 10.4 Å². The number of nitrogens with zero attached hydrogens (tertiary/aromatic N) is 4. The van der Waals surface area contributed by atoms with E-state index in [1.807, 2.05) is 24.3 Å². The van der Waals surface area contributed by atoms with E-state index in [2.05, 4.69) is 30.8 Å². The van der Waals surface area contributed by atoms with E-state index in [1.54, 1.807) is 35.4 Å². The third kappa shape index (κ3) is 3.72. The number of carbonyl (C=O) groups is 2. The molecule has 0 atom stereocenters. The number of benzene rings is 2. The Kier molecular flexibility index (Phi) is 4.71. The van der Waals surface area contributed by atoms with Crippen molar-refractivity contribution in [3.63, 3.8) is 0 Å². The van der Waals surface area contributed by atoms with Gasteiger partial charge in [-0.15, -0.1) is 0 Å². The molecule has 5 rings (SSSR count). The van der Waals surface area contributed by atoms with Crippen LogP contribution in [0.4, 0.5) is 5.69 Å². The highest BCUT2D eigenvalue weighted by Gasteiger charge is 2.16. The number of carboxylic acids is 1. The zero-order valence-electron chi connectivity index (χ0n) is 16.6. The Hall–Kier alpha value is -4.73. The van der Waals surface area contributed by atoms with E-state index in [0.29, 0.717) is 17.6 Å². The van der Waals surface area contributed by atoms with Crippen molar-refractivity contribution in [3.05, 3.63) is 84.1 Å². The number of H-pyrrole nitrogens is 2. The number of carboxylic acid groups (broad SMARTS) is 1. The second kappa shape index (κ2) is 7.84. The fourth-order valence-electron chi connectivity index (χ4n) is 3.48. The zero-order chi connectivity index (χ0) is 22.1. The van der Waals surface area contributed by atoms with Crippen LogP contribution in [0.25, 0.3) is 22.0 Å². The van der Waals surface area contributed by atoms with Crippen molar-refractivity contribution in [3.8, 4) is 11.1 Å². The van der Waals surface area contributed by atoms with E-state index in [9.17, 15) is 9.59 Å². The highest BCUT2D eigenvalue weighted by atomic mass is 16.4. The van der Waals surface area contributed by atoms with Gasteiger partial charge in [-0.3, -0.25) is 19.7 Å². The van der Waals surface area contributed by atoms with Crippen LogP contribution in [0.3, 0.4) is 0 Å². The maximum atomic E-state index is 12.8. The van der Waals surface area contributed by atoms with E-state index >= 15 is 0 Å². The van der Waals surface area contributed by atoms with Crippen LogP contribution in [-0.2, 0) is 6.54 Å². The quantitative estimate of drug-likeness (QED) is 0.328. The lowest BCUT2D eigenvalue weighted by atomic mass is 10.1. The molecule has 5 aromatic rings. The van der Waals surface area contributed by atoms with Gasteiger partial charge in [0.2, 0.25) is 0 Å². The number of nitrogens with one attached hydrogen (secondary N) is 3. The minimum atomic E-state index is -0.983. The van der Waals surface area contributed by atoms with E-state index in [4.69, 9.17) is 5.11 Å². The first-order chi connectivity index (χ1) is 15.6. The fraction of sp³-hybridized carbons (Fsp3) is 0.0455. The molecule has 3 heterocycles. The van der Waals surface area contributed by atoms with Gasteiger partial charge in [-0.2, -0.15) is 15.3 Å². The molecule has 0 aliphatic carbocycles. The highest BCUT2D eigenvalue weighted by molar-refractivity contribution is 6.11. The molecule has 2 aromatic carbocycles. The molecule has 0 bridgehead atoms. The van der Waals surface area contributed by atoms with Crippen molar-refractivity contribution < 1.29 is 14.7 Å². The van der Waals surface area contributed by atoms with Gasteiger partial charge in [0.15, 0.2) is 5.69 Å². The topological polar surface area (TPSA) is 142 Å². The molecule has 0 fully saturated rings. The van der Waals surface area contributed by atoms with E-state index in [1.165, 1.54) is 12.3 Å². The summed E-state index contributed by atoms with van der Waals surface area (Å²) < 4.78 is 1.62. The zero-order valence-corrected chi connectivity index (χ0v) is 16.6. The first-order valence-electron chi connectivity index (χ1n) is 9.70. The normalized spacial score (nSPS) is 11.0. The summed E-state index contributed by atoms with van der Waals surface area (Å²) in [7, 11) is 0. The van der Waals surface area contributed by atoms with E-state index < -0.39 is 5.97 Å². The Balaban J connectivity index is 1.31. The fourth-order valence-corrected chi connectivity index (χ4v) is 3.48. The molecule has 10 nitrogen and oxygen atoms in total. The van der Waals surface area contributed by atoms with Gasteiger partial charge in [-0.25, -0.2) is 4.79 Å². The summed E-state index contributed by atoms with van der Waals surface area (Å²) in [5.41, 5.74) is 4.42. The average Bonchev–Trinajstić information content (AvgIpc) is 3.54. The number of rotatable bonds is 6. The third-order valence-corrected chi connectivity index (χ3v) is 5.02. The van der Waals surface area contributed by atoms with Crippen molar-refractivity contribution in [2.45, 2.75) is 6.54 Å². The minimum absolute atomic E-state index is 0.213. The summed E-state index contributed by atoms with van der Waals surface area (Å²) in [6, 6.07) is 12.3. The van der Waals surface area contributed by atoms with Crippen LogP contribution < -0.4 is 5.32 Å². The van der Waals surface area contributed by atoms with E-state index in [-0.39, 0.29) is 17.2 Å². The summed E-state index contributed by atoms with van der Waals surface area (Å²) in [6.45, 7) is 0.374. The molecule has 0 saturated carbocycles. The number of aromatic carboxylic acids is 1. The standard InChI is InChI=1S/C22H17N7O3/c30-21(20-18-5-4-14(7-19(18)27-28-20)16-8-23-24-9-16)26-17-10-25-29(12-17)11-13-2-1-3-15(6-13)22(31)32/h1-10,12H,11H2,(H,23,24)(H,26,30)(H,27,28)(H,31,32). The second-order valence-electron chi connectivity index (χ2n) is 7.21. The number of aromatic nitrogens is 6. The molecule has 0 saturated heterocycles. The molecule has 3 aromatic heterocycles. The van der Waals surface area contributed by atoms with Crippen LogP contribution in [0.15, 0.2) is 67.3 Å². The number of anilines is 1. The van der Waals surface area contributed by atoms with Gasteiger partial charge in [-0.1, -0.05) is 18.2 Å². The lowest BCUT2D eigenvalue weighted by Crippen LogP contribution is -2.12. The summed E-state index contributed by atoms with van der Waals surface area (Å²) in [4.78, 5) is 23.9. The summed E-state index contributed by atoms with van der Waals surface area (Å²) >= 11 is 0. The predicted octanol–water partition coefficient (Wildman–Crippen LogP) is 3.15. The Morgan fingerprint density at radius 1 is 1.09 bits per heavy atom. The summed E-state index contributed by atoms with van der Waals surface area (Å²) in [6.07, 6.45) is 6.73. The molecule has 0 aliphatic heterocycles. The largest absolute Gasteiger partial charge is 0.478 e. The molecule has 0 radical (unpaired) electrons. The van der Waals surface area contributed by atoms with Crippen LogP contribution >= 0.6 is 0 Å².